The van der Waals surface area contributed by atoms with Crippen LogP contribution in [0, 0.1) is 20.2 Å². The lowest BCUT2D eigenvalue weighted by molar-refractivity contribution is -0.757. The zero-order valence-corrected chi connectivity index (χ0v) is 14.9. The lowest BCUT2D eigenvalue weighted by atomic mass is 10.1. The summed E-state index contributed by atoms with van der Waals surface area (Å²) in [6.45, 7) is -1.35. The molecule has 30 heavy (non-hydrogen) atoms. The van der Waals surface area contributed by atoms with E-state index in [2.05, 4.69) is 10.2 Å². The first kappa shape index (κ1) is 22.3. The fourth-order valence-electron chi connectivity index (χ4n) is 2.42. The predicted octanol–water partition coefficient (Wildman–Crippen LogP) is 1.76. The van der Waals surface area contributed by atoms with Crippen LogP contribution in [0.4, 0.5) is 18.9 Å². The van der Waals surface area contributed by atoms with Crippen molar-refractivity contribution in [3.63, 3.8) is 0 Å². The molecule has 0 aliphatic rings. The smallest absolute Gasteiger partial charge is 0.350 e. The van der Waals surface area contributed by atoms with Crippen molar-refractivity contribution < 1.29 is 32.8 Å². The number of aromatic nitrogens is 1. The number of hydrogen-bond acceptors (Lipinski definition) is 7. The highest BCUT2D eigenvalue weighted by Crippen LogP contribution is 2.29. The molecule has 0 unspecified atom stereocenters. The van der Waals surface area contributed by atoms with E-state index in [4.69, 9.17) is 0 Å². The minimum absolute atomic E-state index is 0.0261. The summed E-state index contributed by atoms with van der Waals surface area (Å²) in [5, 5.41) is 22.2. The van der Waals surface area contributed by atoms with Gasteiger partial charge in [0, 0.05) is 12.6 Å². The van der Waals surface area contributed by atoms with E-state index in [1.807, 2.05) is 0 Å². The number of nitrogens with one attached hydrogen (secondary N) is 1. The van der Waals surface area contributed by atoms with Gasteiger partial charge in [0.1, 0.15) is 12.2 Å². The van der Waals surface area contributed by atoms with Gasteiger partial charge in [0.2, 0.25) is 0 Å². The normalized spacial score (nSPS) is 11.0. The van der Waals surface area contributed by atoms with Gasteiger partial charge in [-0.25, -0.2) is 0 Å². The van der Waals surface area contributed by atoms with E-state index in [1.165, 1.54) is 6.07 Å². The number of alkyl halides is 3. The Morgan fingerprint density at radius 1 is 1.20 bits per heavy atom. The molecule has 0 saturated heterocycles. The third-order valence-corrected chi connectivity index (χ3v) is 3.72. The second-order valence-electron chi connectivity index (χ2n) is 5.81. The third kappa shape index (κ3) is 5.76. The van der Waals surface area contributed by atoms with Gasteiger partial charge in [-0.2, -0.15) is 13.2 Å². The molecule has 0 bridgehead atoms. The predicted molar refractivity (Wildman–Crippen MR) is 93.2 cm³/mol. The summed E-state index contributed by atoms with van der Waals surface area (Å²) < 4.78 is 39.3. The average Bonchev–Trinajstić information content (AvgIpc) is 2.66. The van der Waals surface area contributed by atoms with Gasteiger partial charge in [-0.15, -0.1) is 10.1 Å². The second-order valence-corrected chi connectivity index (χ2v) is 5.81. The van der Waals surface area contributed by atoms with Crippen molar-refractivity contribution in [1.82, 2.24) is 9.88 Å². The Bertz CT molecular complexity index is 1040. The molecule has 160 valence electrons. The zero-order valence-electron chi connectivity index (χ0n) is 14.9. The number of carbonyl (C=O) groups is 1. The fraction of sp³-hybridized carbons (Fsp3) is 0.250. The SMILES string of the molecule is O=C(NCCO[N+](=O)[O-])c1cc([N+](=O)[O-])cn(Cc2cccc(C(F)(F)F)c2)c1=O. The largest absolute Gasteiger partial charge is 0.416 e. The monoisotopic (exact) mass is 430 g/mol. The minimum atomic E-state index is -4.62. The van der Waals surface area contributed by atoms with Gasteiger partial charge in [-0.1, -0.05) is 12.1 Å². The zero-order chi connectivity index (χ0) is 22.5. The van der Waals surface area contributed by atoms with E-state index in [9.17, 15) is 43.0 Å². The molecule has 11 nitrogen and oxygen atoms in total. The Kier molecular flexibility index (Phi) is 6.71. The molecular weight excluding hydrogens is 417 g/mol. The topological polar surface area (TPSA) is 147 Å². The van der Waals surface area contributed by atoms with E-state index in [0.29, 0.717) is 6.07 Å². The van der Waals surface area contributed by atoms with Gasteiger partial charge in [0.05, 0.1) is 23.2 Å². The van der Waals surface area contributed by atoms with Crippen LogP contribution in [0.1, 0.15) is 21.5 Å². The summed E-state index contributed by atoms with van der Waals surface area (Å²) in [5.74, 6) is -1.06. The first-order valence-electron chi connectivity index (χ1n) is 8.09. The van der Waals surface area contributed by atoms with Crippen LogP contribution < -0.4 is 10.9 Å². The van der Waals surface area contributed by atoms with E-state index < -0.39 is 57.6 Å². The average molecular weight is 430 g/mol. The van der Waals surface area contributed by atoms with Crippen molar-refractivity contribution in [3.8, 4) is 0 Å². The molecule has 14 heteroatoms. The van der Waals surface area contributed by atoms with E-state index in [-0.39, 0.29) is 12.1 Å². The number of nitrogens with zero attached hydrogens (tertiary/aromatic N) is 3. The second kappa shape index (κ2) is 9.02. The van der Waals surface area contributed by atoms with E-state index in [0.717, 1.165) is 29.0 Å². The number of hydrogen-bond donors (Lipinski definition) is 1. The van der Waals surface area contributed by atoms with Crippen LogP contribution in [0.25, 0.3) is 0 Å². The van der Waals surface area contributed by atoms with Gasteiger partial charge >= 0.3 is 6.18 Å². The molecule has 0 aliphatic heterocycles. The molecule has 1 aromatic heterocycles. The molecule has 1 heterocycles. The van der Waals surface area contributed by atoms with Crippen LogP contribution in [0.15, 0.2) is 41.3 Å². The Balaban J connectivity index is 2.34. The van der Waals surface area contributed by atoms with Crippen LogP contribution in [-0.2, 0) is 17.6 Å². The highest BCUT2D eigenvalue weighted by molar-refractivity contribution is 5.94. The number of benzene rings is 1. The lowest BCUT2D eigenvalue weighted by Crippen LogP contribution is -2.35. The molecule has 0 radical (unpaired) electrons. The number of halogens is 3. The summed E-state index contributed by atoms with van der Waals surface area (Å²) in [5.41, 5.74) is -3.24. The van der Waals surface area contributed by atoms with E-state index >= 15 is 0 Å². The highest BCUT2D eigenvalue weighted by atomic mass is 19.4. The van der Waals surface area contributed by atoms with Crippen LogP contribution in [0.3, 0.4) is 0 Å². The molecule has 0 atom stereocenters. The number of carbonyl (C=O) groups excluding carboxylic acids is 1. The molecule has 2 rings (SSSR count). The van der Waals surface area contributed by atoms with Crippen LogP contribution in [-0.4, -0.2) is 33.6 Å². The quantitative estimate of drug-likeness (QED) is 0.381. The van der Waals surface area contributed by atoms with Crippen LogP contribution >= 0.6 is 0 Å². The number of amides is 1. The third-order valence-electron chi connectivity index (χ3n) is 3.72. The Morgan fingerprint density at radius 3 is 2.50 bits per heavy atom. The van der Waals surface area contributed by atoms with Crippen molar-refractivity contribution in [2.75, 3.05) is 13.2 Å². The van der Waals surface area contributed by atoms with Crippen molar-refractivity contribution in [2.45, 2.75) is 12.7 Å². The highest BCUT2D eigenvalue weighted by Gasteiger charge is 2.30. The molecule has 1 N–H and O–H groups in total. The summed E-state index contributed by atoms with van der Waals surface area (Å²) in [7, 11) is 0. The minimum Gasteiger partial charge on any atom is -0.350 e. The molecule has 0 aliphatic carbocycles. The van der Waals surface area contributed by atoms with Gasteiger partial charge in [0.15, 0.2) is 0 Å². The molecule has 0 saturated carbocycles. The van der Waals surface area contributed by atoms with Gasteiger partial charge < -0.3 is 14.7 Å². The molecule has 0 spiro atoms. The van der Waals surface area contributed by atoms with Crippen LogP contribution in [0.2, 0.25) is 0 Å². The number of pyridine rings is 1. The van der Waals surface area contributed by atoms with Crippen LogP contribution in [0.5, 0.6) is 0 Å². The number of nitro groups is 1. The fourth-order valence-corrected chi connectivity index (χ4v) is 2.42. The van der Waals surface area contributed by atoms with Gasteiger partial charge in [0.25, 0.3) is 22.2 Å². The number of rotatable bonds is 8. The summed E-state index contributed by atoms with van der Waals surface area (Å²) in [6.07, 6.45) is -3.82. The maximum Gasteiger partial charge on any atom is 0.416 e. The summed E-state index contributed by atoms with van der Waals surface area (Å²) >= 11 is 0. The standard InChI is InChI=1S/C16H13F3N4O7/c17-16(18,19)11-3-1-2-10(6-11)8-21-9-12(22(26)27)7-13(15(21)25)14(24)20-4-5-30-23(28)29/h1-3,6-7,9H,4-5,8H2,(H,20,24). The maximum absolute atomic E-state index is 12.9. The lowest BCUT2D eigenvalue weighted by Gasteiger charge is -2.11. The van der Waals surface area contributed by atoms with Gasteiger partial charge in [-0.3, -0.25) is 19.7 Å². The Hall–Kier alpha value is -3.97. The molecule has 0 fully saturated rings. The van der Waals surface area contributed by atoms with Crippen molar-refractivity contribution in [1.29, 1.82) is 0 Å². The van der Waals surface area contributed by atoms with Crippen molar-refractivity contribution >= 4 is 11.6 Å². The van der Waals surface area contributed by atoms with Crippen molar-refractivity contribution in [2.24, 2.45) is 0 Å². The maximum atomic E-state index is 12.9. The Morgan fingerprint density at radius 2 is 1.90 bits per heavy atom. The van der Waals surface area contributed by atoms with E-state index in [1.54, 1.807) is 0 Å². The Labute approximate surface area is 164 Å². The molecular formula is C16H13F3N4O7. The van der Waals surface area contributed by atoms with Crippen molar-refractivity contribution in [3.05, 3.63) is 83.8 Å². The summed E-state index contributed by atoms with van der Waals surface area (Å²) in [4.78, 5) is 49.0. The molecule has 1 amide bonds. The summed E-state index contributed by atoms with van der Waals surface area (Å²) in [6, 6.07) is 4.71. The molecule has 1 aromatic carbocycles. The first-order chi connectivity index (χ1) is 14.0. The first-order valence-corrected chi connectivity index (χ1v) is 8.09. The molecule has 2 aromatic rings. The van der Waals surface area contributed by atoms with Gasteiger partial charge in [-0.05, 0) is 17.7 Å².